The van der Waals surface area contributed by atoms with Crippen LogP contribution >= 0.6 is 0 Å². The van der Waals surface area contributed by atoms with Crippen molar-refractivity contribution >= 4 is 22.1 Å². The molecule has 49 heavy (non-hydrogen) atoms. The van der Waals surface area contributed by atoms with Gasteiger partial charge >= 0.3 is 63.3 Å². The molecular weight excluding hydrogens is 664 g/mol. The first-order valence-corrected chi connectivity index (χ1v) is 22.1. The van der Waals surface area contributed by atoms with Crippen molar-refractivity contribution in [3.63, 3.8) is 0 Å². The minimum Gasteiger partial charge on any atom is -1.00 e. The average Bonchev–Trinajstić information content (AvgIpc) is 3.05. The van der Waals surface area contributed by atoms with Gasteiger partial charge in [0.25, 0.3) is 10.1 Å². The van der Waals surface area contributed by atoms with Crippen LogP contribution in [0.5, 0.6) is 0 Å². The predicted octanol–water partition coefficient (Wildman–Crippen LogP) is 9.36. The van der Waals surface area contributed by atoms with Crippen LogP contribution in [0.4, 0.5) is 0 Å². The molecular formula is C40H79KO7S. The molecule has 0 radical (unpaired) electrons. The summed E-state index contributed by atoms with van der Waals surface area (Å²) in [5.74, 6) is -1.89. The molecule has 0 aromatic rings. The van der Waals surface area contributed by atoms with Gasteiger partial charge in [0.2, 0.25) is 0 Å². The molecule has 1 unspecified atom stereocenters. The molecule has 0 aliphatic rings. The van der Waals surface area contributed by atoms with Crippen LogP contribution in [-0.2, 0) is 29.2 Å². The molecule has 9 heteroatoms. The molecule has 0 spiro atoms. The summed E-state index contributed by atoms with van der Waals surface area (Å²) in [6.45, 7) is 4.78. The van der Waals surface area contributed by atoms with Gasteiger partial charge in [0.05, 0.1) is 19.6 Å². The Kier molecular flexibility index (Phi) is 41.8. The van der Waals surface area contributed by atoms with Gasteiger partial charge in [-0.05, 0) is 12.8 Å². The maximum atomic E-state index is 12.3. The molecule has 0 aromatic heterocycles. The van der Waals surface area contributed by atoms with E-state index in [-0.39, 0.29) is 66.0 Å². The Morgan fingerprint density at radius 3 is 0.980 bits per heavy atom. The molecule has 0 heterocycles. The van der Waals surface area contributed by atoms with Gasteiger partial charge in [-0.25, -0.2) is 0 Å². The molecule has 0 rings (SSSR count). The quantitative estimate of drug-likeness (QED) is 0.0291. The molecule has 0 aromatic carbocycles. The van der Waals surface area contributed by atoms with Crippen molar-refractivity contribution in [1.82, 2.24) is 0 Å². The molecule has 0 saturated heterocycles. The first-order valence-electron chi connectivity index (χ1n) is 20.6. The maximum Gasteiger partial charge on any atom is 1.00 e. The summed E-state index contributed by atoms with van der Waals surface area (Å²) in [5.41, 5.74) is 0. The van der Waals surface area contributed by atoms with Crippen LogP contribution in [-0.4, -0.2) is 43.4 Å². The van der Waals surface area contributed by atoms with Gasteiger partial charge in [-0.1, -0.05) is 206 Å². The SMILES string of the molecule is CCCCCCCCCCCCCCCCCCOC(=O)CC(C(=O)OCCCCCCCCCCCCCCCCCC)S(=O)(=O)O.[H-].[K+]. The van der Waals surface area contributed by atoms with E-state index in [9.17, 15) is 22.6 Å². The second-order valence-corrected chi connectivity index (χ2v) is 15.8. The number of esters is 2. The first-order chi connectivity index (χ1) is 23.3. The summed E-state index contributed by atoms with van der Waals surface area (Å²) >= 11 is 0. The summed E-state index contributed by atoms with van der Waals surface area (Å²) in [6, 6.07) is 0. The standard InChI is InChI=1S/C40H78O7S.K.H/c1-3-5-7-9-11-13-15-17-19-21-23-25-27-29-31-33-35-46-39(41)37-38(48(43,44)45)40(42)47-36-34-32-30-28-26-24-22-20-18-16-14-12-10-8-6-4-2;;/h38H,3-37H2,1-2H3,(H,43,44,45);;/q;+1;-1. The number of rotatable bonds is 38. The van der Waals surface area contributed by atoms with Crippen molar-refractivity contribution in [2.24, 2.45) is 0 Å². The summed E-state index contributed by atoms with van der Waals surface area (Å²) in [5, 5.41) is -1.93. The van der Waals surface area contributed by atoms with Gasteiger partial charge in [0.1, 0.15) is 0 Å². The van der Waals surface area contributed by atoms with Crippen molar-refractivity contribution in [1.29, 1.82) is 0 Å². The van der Waals surface area contributed by atoms with Crippen molar-refractivity contribution in [2.75, 3.05) is 13.2 Å². The van der Waals surface area contributed by atoms with Crippen LogP contribution in [0.2, 0.25) is 0 Å². The molecule has 0 bridgehead atoms. The van der Waals surface area contributed by atoms with Crippen LogP contribution in [0.15, 0.2) is 0 Å². The van der Waals surface area contributed by atoms with Crippen molar-refractivity contribution in [3.05, 3.63) is 0 Å². The summed E-state index contributed by atoms with van der Waals surface area (Å²) in [4.78, 5) is 24.5. The van der Waals surface area contributed by atoms with Gasteiger partial charge in [-0.15, -0.1) is 0 Å². The zero-order valence-corrected chi connectivity index (χ0v) is 36.6. The van der Waals surface area contributed by atoms with E-state index in [4.69, 9.17) is 9.47 Å². The Hall–Kier alpha value is 0.486. The van der Waals surface area contributed by atoms with Crippen LogP contribution in [0.1, 0.15) is 227 Å². The van der Waals surface area contributed by atoms with Crippen LogP contribution in [0.3, 0.4) is 0 Å². The largest absolute Gasteiger partial charge is 1.00 e. The van der Waals surface area contributed by atoms with Gasteiger partial charge < -0.3 is 10.9 Å². The number of carbonyl (C=O) groups is 2. The van der Waals surface area contributed by atoms with E-state index in [1.54, 1.807) is 0 Å². The topological polar surface area (TPSA) is 107 Å². The second kappa shape index (κ2) is 39.7. The fourth-order valence-electron chi connectivity index (χ4n) is 6.27. The number of hydrogen-bond acceptors (Lipinski definition) is 6. The van der Waals surface area contributed by atoms with Gasteiger partial charge in [-0.3, -0.25) is 14.1 Å². The van der Waals surface area contributed by atoms with E-state index in [2.05, 4.69) is 13.8 Å². The fraction of sp³-hybridized carbons (Fsp3) is 0.950. The first kappa shape index (κ1) is 51.6. The van der Waals surface area contributed by atoms with Crippen LogP contribution in [0.25, 0.3) is 0 Å². The Bertz CT molecular complexity index is 829. The Morgan fingerprint density at radius 2 is 0.714 bits per heavy atom. The van der Waals surface area contributed by atoms with Crippen molar-refractivity contribution in [3.8, 4) is 0 Å². The molecule has 0 fully saturated rings. The maximum absolute atomic E-state index is 12.3. The van der Waals surface area contributed by atoms with E-state index < -0.39 is 33.7 Å². The number of hydrogen-bond donors (Lipinski definition) is 1. The molecule has 0 amide bonds. The van der Waals surface area contributed by atoms with Crippen molar-refractivity contribution < 1.29 is 84.8 Å². The Labute approximate surface area is 348 Å². The number of carbonyl (C=O) groups excluding carboxylic acids is 2. The molecule has 1 atom stereocenters. The third-order valence-corrected chi connectivity index (χ3v) is 10.6. The summed E-state index contributed by atoms with van der Waals surface area (Å²) in [6.07, 6.45) is 39.0. The fourth-order valence-corrected chi connectivity index (χ4v) is 6.93. The number of ether oxygens (including phenoxy) is 2. The summed E-state index contributed by atoms with van der Waals surface area (Å²) in [7, 11) is -4.77. The average molecular weight is 743 g/mol. The smallest absolute Gasteiger partial charge is 1.00 e. The predicted molar refractivity (Wildman–Crippen MR) is 202 cm³/mol. The van der Waals surface area contributed by atoms with Gasteiger partial charge in [0.15, 0.2) is 5.25 Å². The zero-order chi connectivity index (χ0) is 35.4. The normalized spacial score (nSPS) is 12.1. The van der Waals surface area contributed by atoms with Gasteiger partial charge in [-0.2, -0.15) is 8.42 Å². The van der Waals surface area contributed by atoms with Crippen LogP contribution < -0.4 is 51.4 Å². The molecule has 7 nitrogen and oxygen atoms in total. The molecule has 0 saturated carbocycles. The minimum absolute atomic E-state index is 0. The van der Waals surface area contributed by atoms with Gasteiger partial charge in [0, 0.05) is 0 Å². The zero-order valence-electron chi connectivity index (χ0n) is 33.6. The van der Waals surface area contributed by atoms with E-state index in [1.165, 1.54) is 161 Å². The monoisotopic (exact) mass is 743 g/mol. The minimum atomic E-state index is -4.77. The van der Waals surface area contributed by atoms with E-state index >= 15 is 0 Å². The third-order valence-electron chi connectivity index (χ3n) is 9.48. The third kappa shape index (κ3) is 38.0. The van der Waals surface area contributed by atoms with E-state index in [0.29, 0.717) is 12.8 Å². The molecule has 0 aliphatic heterocycles. The van der Waals surface area contributed by atoms with Crippen LogP contribution in [0, 0.1) is 0 Å². The number of unbranched alkanes of at least 4 members (excludes halogenated alkanes) is 30. The molecule has 1 N–H and O–H groups in total. The Balaban J connectivity index is -0.0000110. The Morgan fingerprint density at radius 1 is 0.469 bits per heavy atom. The van der Waals surface area contributed by atoms with Crippen molar-refractivity contribution in [2.45, 2.75) is 231 Å². The van der Waals surface area contributed by atoms with E-state index in [0.717, 1.165) is 32.1 Å². The second-order valence-electron chi connectivity index (χ2n) is 14.2. The molecule has 0 aliphatic carbocycles. The molecule has 288 valence electrons. The van der Waals surface area contributed by atoms with E-state index in [1.807, 2.05) is 0 Å². The summed E-state index contributed by atoms with van der Waals surface area (Å²) < 4.78 is 43.3.